The van der Waals surface area contributed by atoms with Gasteiger partial charge in [-0.25, -0.2) is 14.8 Å². The molecule has 0 fully saturated rings. The highest BCUT2D eigenvalue weighted by molar-refractivity contribution is 5.95. The van der Waals surface area contributed by atoms with Gasteiger partial charge in [0.15, 0.2) is 0 Å². The van der Waals surface area contributed by atoms with Gasteiger partial charge in [-0.05, 0) is 40.8 Å². The third-order valence-electron chi connectivity index (χ3n) is 6.38. The Hall–Kier alpha value is -5.31. The lowest BCUT2D eigenvalue weighted by molar-refractivity contribution is 0.201. The van der Waals surface area contributed by atoms with Crippen molar-refractivity contribution in [3.63, 3.8) is 0 Å². The Labute approximate surface area is 216 Å². The van der Waals surface area contributed by atoms with Crippen LogP contribution in [0.15, 0.2) is 109 Å². The number of pyridine rings is 4. The van der Waals surface area contributed by atoms with Crippen molar-refractivity contribution in [1.82, 2.24) is 23.9 Å². The highest BCUT2D eigenvalue weighted by Crippen LogP contribution is 2.26. The first kappa shape index (κ1) is 23.1. The fourth-order valence-corrected chi connectivity index (χ4v) is 4.56. The Kier molecular flexibility index (Phi) is 5.85. The molecule has 5 heterocycles. The second-order valence-corrected chi connectivity index (χ2v) is 8.85. The van der Waals surface area contributed by atoms with Crippen molar-refractivity contribution >= 4 is 28.3 Å². The second kappa shape index (κ2) is 9.62. The number of hydrogen-bond acceptors (Lipinski definition) is 5. The topological polar surface area (TPSA) is 106 Å². The largest absolute Gasteiger partial charge is 0.465 e. The van der Waals surface area contributed by atoms with E-state index in [4.69, 9.17) is 0 Å². The summed E-state index contributed by atoms with van der Waals surface area (Å²) in [5.41, 5.74) is 3.95. The summed E-state index contributed by atoms with van der Waals surface area (Å²) in [5.74, 6) is 0.354. The average molecular weight is 503 g/mol. The van der Waals surface area contributed by atoms with Gasteiger partial charge in [0.2, 0.25) is 0 Å². The van der Waals surface area contributed by atoms with Crippen LogP contribution in [0.1, 0.15) is 11.3 Å². The zero-order valence-corrected chi connectivity index (χ0v) is 20.2. The Balaban J connectivity index is 1.29. The summed E-state index contributed by atoms with van der Waals surface area (Å²) in [6, 6.07) is 20.6. The lowest BCUT2D eigenvalue weighted by Gasteiger charge is -2.18. The highest BCUT2D eigenvalue weighted by atomic mass is 16.4. The molecule has 0 aliphatic carbocycles. The van der Waals surface area contributed by atoms with Gasteiger partial charge in [-0.15, -0.1) is 0 Å². The molecule has 0 radical (unpaired) electrons. The standard InChI is InChI=1S/C29H22N6O3/c36-28-25-15-30-14-24(21-6-2-1-3-7-21)23(25)11-13-33(28)18-22-19-34-16-20(9-10-27(34)32-22)17-35(29(37)38)26-8-4-5-12-31-26/h1-16,19H,17-18H2,(H,37,38). The zero-order chi connectivity index (χ0) is 26.1. The van der Waals surface area contributed by atoms with Crippen LogP contribution in [0.2, 0.25) is 0 Å². The zero-order valence-electron chi connectivity index (χ0n) is 20.2. The van der Waals surface area contributed by atoms with Crippen LogP contribution >= 0.6 is 0 Å². The Morgan fingerprint density at radius 3 is 2.55 bits per heavy atom. The van der Waals surface area contributed by atoms with E-state index in [1.54, 1.807) is 47.6 Å². The number of nitrogens with zero attached hydrogens (tertiary/aromatic N) is 6. The third kappa shape index (κ3) is 4.37. The number of amides is 1. The molecule has 0 unspecified atom stereocenters. The monoisotopic (exact) mass is 502 g/mol. The lowest BCUT2D eigenvalue weighted by atomic mass is 10.0. The van der Waals surface area contributed by atoms with Crippen molar-refractivity contribution < 1.29 is 9.90 Å². The van der Waals surface area contributed by atoms with E-state index in [9.17, 15) is 14.7 Å². The van der Waals surface area contributed by atoms with E-state index in [1.165, 1.54) is 4.90 Å². The van der Waals surface area contributed by atoms with E-state index >= 15 is 0 Å². The van der Waals surface area contributed by atoms with Gasteiger partial charge in [-0.1, -0.05) is 42.5 Å². The van der Waals surface area contributed by atoms with Crippen LogP contribution in [0.4, 0.5) is 10.6 Å². The molecule has 0 saturated heterocycles. The summed E-state index contributed by atoms with van der Waals surface area (Å²) in [6.45, 7) is 0.424. The molecular formula is C29H22N6O3. The number of carbonyl (C=O) groups is 1. The van der Waals surface area contributed by atoms with Gasteiger partial charge in [0.1, 0.15) is 11.5 Å². The first-order valence-electron chi connectivity index (χ1n) is 12.0. The molecule has 9 nitrogen and oxygen atoms in total. The maximum absolute atomic E-state index is 13.3. The van der Waals surface area contributed by atoms with Crippen molar-refractivity contribution in [1.29, 1.82) is 0 Å². The van der Waals surface area contributed by atoms with Crippen LogP contribution in [0.25, 0.3) is 27.5 Å². The summed E-state index contributed by atoms with van der Waals surface area (Å²) in [4.78, 5) is 39.5. The molecule has 1 aromatic carbocycles. The first-order valence-corrected chi connectivity index (χ1v) is 12.0. The number of anilines is 1. The summed E-state index contributed by atoms with van der Waals surface area (Å²) in [6.07, 6.45) is 9.32. The molecule has 0 saturated carbocycles. The Morgan fingerprint density at radius 2 is 1.76 bits per heavy atom. The van der Waals surface area contributed by atoms with Crippen LogP contribution in [0, 0.1) is 0 Å². The SMILES string of the molecule is O=C(O)N(Cc1ccc2nc(Cn3ccc4c(-c5ccccc5)cncc4c3=O)cn2c1)c1ccccn1. The molecule has 6 aromatic rings. The number of imidazole rings is 1. The number of benzene rings is 1. The number of aromatic nitrogens is 5. The predicted octanol–water partition coefficient (Wildman–Crippen LogP) is 4.84. The van der Waals surface area contributed by atoms with Gasteiger partial charge in [0.25, 0.3) is 5.56 Å². The summed E-state index contributed by atoms with van der Waals surface area (Å²) < 4.78 is 3.46. The predicted molar refractivity (Wildman–Crippen MR) is 144 cm³/mol. The minimum absolute atomic E-state index is 0.136. The highest BCUT2D eigenvalue weighted by Gasteiger charge is 2.17. The maximum Gasteiger partial charge on any atom is 0.413 e. The van der Waals surface area contributed by atoms with Crippen molar-refractivity contribution in [3.05, 3.63) is 126 Å². The molecule has 38 heavy (non-hydrogen) atoms. The molecule has 0 aliphatic heterocycles. The molecule has 1 amide bonds. The fourth-order valence-electron chi connectivity index (χ4n) is 4.56. The Bertz CT molecular complexity index is 1830. The quantitative estimate of drug-likeness (QED) is 0.349. The molecule has 186 valence electrons. The number of hydrogen-bond donors (Lipinski definition) is 1. The average Bonchev–Trinajstić information content (AvgIpc) is 3.35. The summed E-state index contributed by atoms with van der Waals surface area (Å²) in [7, 11) is 0. The van der Waals surface area contributed by atoms with Gasteiger partial charge in [-0.2, -0.15) is 0 Å². The number of fused-ring (bicyclic) bond motifs is 2. The van der Waals surface area contributed by atoms with Gasteiger partial charge < -0.3 is 14.1 Å². The first-order chi connectivity index (χ1) is 18.6. The number of rotatable bonds is 6. The summed E-state index contributed by atoms with van der Waals surface area (Å²) in [5, 5.41) is 11.1. The van der Waals surface area contributed by atoms with Gasteiger partial charge in [0.05, 0.1) is 24.2 Å². The second-order valence-electron chi connectivity index (χ2n) is 8.85. The van der Waals surface area contributed by atoms with E-state index in [2.05, 4.69) is 15.0 Å². The van der Waals surface area contributed by atoms with Crippen LogP contribution in [0.3, 0.4) is 0 Å². The van der Waals surface area contributed by atoms with Crippen molar-refractivity contribution in [3.8, 4) is 11.1 Å². The maximum atomic E-state index is 13.3. The minimum atomic E-state index is -1.09. The van der Waals surface area contributed by atoms with Crippen LogP contribution in [0.5, 0.6) is 0 Å². The molecule has 5 aromatic heterocycles. The molecule has 6 rings (SSSR count). The van der Waals surface area contributed by atoms with Gasteiger partial charge >= 0.3 is 6.09 Å². The molecule has 0 bridgehead atoms. The van der Waals surface area contributed by atoms with Crippen molar-refractivity contribution in [2.75, 3.05) is 4.90 Å². The van der Waals surface area contributed by atoms with E-state index in [1.807, 2.05) is 65.3 Å². The lowest BCUT2D eigenvalue weighted by Crippen LogP contribution is -2.29. The molecule has 0 aliphatic rings. The van der Waals surface area contributed by atoms with Crippen molar-refractivity contribution in [2.45, 2.75) is 13.1 Å². The van der Waals surface area contributed by atoms with E-state index < -0.39 is 6.09 Å². The third-order valence-corrected chi connectivity index (χ3v) is 6.38. The van der Waals surface area contributed by atoms with E-state index in [0.29, 0.717) is 22.5 Å². The number of carboxylic acid groups (broad SMARTS) is 1. The smallest absolute Gasteiger partial charge is 0.413 e. The van der Waals surface area contributed by atoms with Crippen molar-refractivity contribution in [2.24, 2.45) is 0 Å². The van der Waals surface area contributed by atoms with E-state index in [0.717, 1.165) is 22.1 Å². The van der Waals surface area contributed by atoms with Crippen LogP contribution < -0.4 is 10.5 Å². The Morgan fingerprint density at radius 1 is 0.921 bits per heavy atom. The van der Waals surface area contributed by atoms with Gasteiger partial charge in [0, 0.05) is 42.7 Å². The molecular weight excluding hydrogens is 480 g/mol. The molecule has 1 N–H and O–H groups in total. The normalized spacial score (nSPS) is 11.2. The van der Waals surface area contributed by atoms with Gasteiger partial charge in [-0.3, -0.25) is 14.7 Å². The minimum Gasteiger partial charge on any atom is -0.465 e. The van der Waals surface area contributed by atoms with E-state index in [-0.39, 0.29) is 18.6 Å². The van der Waals surface area contributed by atoms with Crippen LogP contribution in [-0.4, -0.2) is 35.1 Å². The van der Waals surface area contributed by atoms with Crippen LogP contribution in [-0.2, 0) is 13.1 Å². The molecule has 0 spiro atoms. The molecule has 9 heteroatoms. The fraction of sp³-hybridized carbons (Fsp3) is 0.0690. The molecule has 0 atom stereocenters. The summed E-state index contributed by atoms with van der Waals surface area (Å²) >= 11 is 0.